The first-order valence-corrected chi connectivity index (χ1v) is 4.90. The molecule has 0 aliphatic heterocycles. The molecule has 0 saturated heterocycles. The van der Waals surface area contributed by atoms with Crippen molar-refractivity contribution >= 4 is 17.4 Å². The van der Waals surface area contributed by atoms with E-state index in [1.807, 2.05) is 0 Å². The van der Waals surface area contributed by atoms with Crippen LogP contribution in [0.4, 0.5) is 0 Å². The topological polar surface area (TPSA) is 30.2 Å². The van der Waals surface area contributed by atoms with E-state index in [0.29, 0.717) is 16.1 Å². The summed E-state index contributed by atoms with van der Waals surface area (Å²) >= 11 is 5.74. The molecule has 0 saturated carbocycles. The fourth-order valence-corrected chi connectivity index (χ4v) is 1.46. The first-order chi connectivity index (χ1) is 7.16. The Morgan fingerprint density at radius 1 is 1.20 bits per heavy atom. The SMILES string of the molecule is Cc1cc(C(=O)c2ccc(Cl)cc2)co1. The normalized spacial score (nSPS) is 10.3. The van der Waals surface area contributed by atoms with E-state index in [2.05, 4.69) is 0 Å². The van der Waals surface area contributed by atoms with E-state index in [-0.39, 0.29) is 5.78 Å². The van der Waals surface area contributed by atoms with Crippen molar-refractivity contribution < 1.29 is 9.21 Å². The number of carbonyl (C=O) groups is 1. The van der Waals surface area contributed by atoms with Crippen LogP contribution in [-0.2, 0) is 0 Å². The quantitative estimate of drug-likeness (QED) is 0.726. The van der Waals surface area contributed by atoms with Gasteiger partial charge in [-0.3, -0.25) is 4.79 Å². The molecule has 1 heterocycles. The third kappa shape index (κ3) is 2.10. The van der Waals surface area contributed by atoms with Crippen LogP contribution >= 0.6 is 11.6 Å². The molecule has 0 amide bonds. The maximum Gasteiger partial charge on any atom is 0.196 e. The van der Waals surface area contributed by atoms with Crippen molar-refractivity contribution in [3.8, 4) is 0 Å². The zero-order valence-corrected chi connectivity index (χ0v) is 8.91. The molecular weight excluding hydrogens is 212 g/mol. The van der Waals surface area contributed by atoms with Crippen molar-refractivity contribution in [1.82, 2.24) is 0 Å². The number of rotatable bonds is 2. The van der Waals surface area contributed by atoms with Crippen LogP contribution in [0.25, 0.3) is 0 Å². The Morgan fingerprint density at radius 2 is 1.87 bits per heavy atom. The van der Waals surface area contributed by atoms with E-state index >= 15 is 0 Å². The van der Waals surface area contributed by atoms with E-state index in [1.165, 1.54) is 6.26 Å². The lowest BCUT2D eigenvalue weighted by molar-refractivity contribution is 0.103. The highest BCUT2D eigenvalue weighted by Crippen LogP contribution is 2.15. The summed E-state index contributed by atoms with van der Waals surface area (Å²) in [6, 6.07) is 8.51. The van der Waals surface area contributed by atoms with Gasteiger partial charge in [0.15, 0.2) is 5.78 Å². The molecule has 76 valence electrons. The molecule has 0 atom stereocenters. The van der Waals surface area contributed by atoms with Gasteiger partial charge in [0.2, 0.25) is 0 Å². The van der Waals surface area contributed by atoms with Crippen molar-refractivity contribution in [2.45, 2.75) is 6.92 Å². The molecule has 0 aliphatic carbocycles. The molecule has 1 aromatic carbocycles. The average Bonchev–Trinajstić information content (AvgIpc) is 2.65. The van der Waals surface area contributed by atoms with E-state index < -0.39 is 0 Å². The minimum Gasteiger partial charge on any atom is -0.469 e. The number of aryl methyl sites for hydroxylation is 1. The minimum atomic E-state index is -0.0523. The lowest BCUT2D eigenvalue weighted by atomic mass is 10.1. The predicted molar refractivity (Wildman–Crippen MR) is 58.3 cm³/mol. The summed E-state index contributed by atoms with van der Waals surface area (Å²) in [5, 5.41) is 0.620. The lowest BCUT2D eigenvalue weighted by Gasteiger charge is -1.97. The predicted octanol–water partition coefficient (Wildman–Crippen LogP) is 3.47. The molecule has 2 rings (SSSR count). The van der Waals surface area contributed by atoms with E-state index in [4.69, 9.17) is 16.0 Å². The Hall–Kier alpha value is -1.54. The first-order valence-electron chi connectivity index (χ1n) is 4.52. The highest BCUT2D eigenvalue weighted by Gasteiger charge is 2.10. The number of ketones is 1. The number of halogens is 1. The smallest absolute Gasteiger partial charge is 0.196 e. The van der Waals surface area contributed by atoms with Crippen LogP contribution in [0.1, 0.15) is 21.7 Å². The summed E-state index contributed by atoms with van der Waals surface area (Å²) in [4.78, 5) is 11.9. The summed E-state index contributed by atoms with van der Waals surface area (Å²) < 4.78 is 5.08. The second kappa shape index (κ2) is 3.91. The summed E-state index contributed by atoms with van der Waals surface area (Å²) in [5.74, 6) is 0.677. The summed E-state index contributed by atoms with van der Waals surface area (Å²) in [6.07, 6.45) is 1.46. The van der Waals surface area contributed by atoms with Crippen LogP contribution in [0.2, 0.25) is 5.02 Å². The summed E-state index contributed by atoms with van der Waals surface area (Å²) in [5.41, 5.74) is 1.18. The molecule has 0 fully saturated rings. The summed E-state index contributed by atoms with van der Waals surface area (Å²) in [7, 11) is 0. The second-order valence-electron chi connectivity index (χ2n) is 3.28. The number of hydrogen-bond donors (Lipinski definition) is 0. The third-order valence-electron chi connectivity index (χ3n) is 2.10. The highest BCUT2D eigenvalue weighted by atomic mass is 35.5. The molecule has 15 heavy (non-hydrogen) atoms. The zero-order chi connectivity index (χ0) is 10.8. The second-order valence-corrected chi connectivity index (χ2v) is 3.72. The van der Waals surface area contributed by atoms with Gasteiger partial charge < -0.3 is 4.42 Å². The Bertz CT molecular complexity index is 483. The highest BCUT2D eigenvalue weighted by molar-refractivity contribution is 6.30. The van der Waals surface area contributed by atoms with Gasteiger partial charge in [-0.15, -0.1) is 0 Å². The standard InChI is InChI=1S/C12H9ClO2/c1-8-6-10(7-15-8)12(14)9-2-4-11(13)5-3-9/h2-7H,1H3. The van der Waals surface area contributed by atoms with Crippen molar-refractivity contribution in [3.63, 3.8) is 0 Å². The lowest BCUT2D eigenvalue weighted by Crippen LogP contribution is -1.98. The van der Waals surface area contributed by atoms with Crippen LogP contribution in [0, 0.1) is 6.92 Å². The van der Waals surface area contributed by atoms with Gasteiger partial charge in [0, 0.05) is 10.6 Å². The van der Waals surface area contributed by atoms with Crippen LogP contribution in [0.15, 0.2) is 41.0 Å². The van der Waals surface area contributed by atoms with Crippen LogP contribution < -0.4 is 0 Å². The fourth-order valence-electron chi connectivity index (χ4n) is 1.33. The van der Waals surface area contributed by atoms with Crippen molar-refractivity contribution in [3.05, 3.63) is 58.5 Å². The van der Waals surface area contributed by atoms with Crippen LogP contribution in [-0.4, -0.2) is 5.78 Å². The van der Waals surface area contributed by atoms with Crippen LogP contribution in [0.5, 0.6) is 0 Å². The molecule has 2 aromatic rings. The molecule has 0 radical (unpaired) electrons. The molecule has 0 unspecified atom stereocenters. The molecule has 0 bridgehead atoms. The molecular formula is C12H9ClO2. The van der Waals surface area contributed by atoms with Crippen molar-refractivity contribution in [1.29, 1.82) is 0 Å². The van der Waals surface area contributed by atoms with Gasteiger partial charge in [0.25, 0.3) is 0 Å². The Kier molecular flexibility index (Phi) is 2.60. The Labute approximate surface area is 92.5 Å². The zero-order valence-electron chi connectivity index (χ0n) is 8.16. The van der Waals surface area contributed by atoms with Gasteiger partial charge in [-0.25, -0.2) is 0 Å². The molecule has 3 heteroatoms. The van der Waals surface area contributed by atoms with Gasteiger partial charge in [-0.05, 0) is 37.3 Å². The summed E-state index contributed by atoms with van der Waals surface area (Å²) in [6.45, 7) is 1.80. The van der Waals surface area contributed by atoms with Gasteiger partial charge in [0.1, 0.15) is 12.0 Å². The van der Waals surface area contributed by atoms with Crippen molar-refractivity contribution in [2.24, 2.45) is 0 Å². The van der Waals surface area contributed by atoms with E-state index in [1.54, 1.807) is 37.3 Å². The minimum absolute atomic E-state index is 0.0523. The average molecular weight is 221 g/mol. The van der Waals surface area contributed by atoms with E-state index in [9.17, 15) is 4.79 Å². The number of carbonyl (C=O) groups excluding carboxylic acids is 1. The monoisotopic (exact) mass is 220 g/mol. The first kappa shape index (κ1) is 9.99. The van der Waals surface area contributed by atoms with Crippen molar-refractivity contribution in [2.75, 3.05) is 0 Å². The van der Waals surface area contributed by atoms with Gasteiger partial charge >= 0.3 is 0 Å². The van der Waals surface area contributed by atoms with Gasteiger partial charge in [-0.1, -0.05) is 11.6 Å². The number of hydrogen-bond acceptors (Lipinski definition) is 2. The molecule has 0 aliphatic rings. The molecule has 0 spiro atoms. The Morgan fingerprint density at radius 3 is 2.40 bits per heavy atom. The van der Waals surface area contributed by atoms with Gasteiger partial charge in [0.05, 0.1) is 5.56 Å². The fraction of sp³-hybridized carbons (Fsp3) is 0.0833. The van der Waals surface area contributed by atoms with E-state index in [0.717, 1.165) is 5.76 Å². The number of benzene rings is 1. The Balaban J connectivity index is 2.32. The molecule has 0 N–H and O–H groups in total. The molecule has 2 nitrogen and oxygen atoms in total. The molecule has 1 aromatic heterocycles. The van der Waals surface area contributed by atoms with Crippen LogP contribution in [0.3, 0.4) is 0 Å². The number of furan rings is 1. The van der Waals surface area contributed by atoms with Gasteiger partial charge in [-0.2, -0.15) is 0 Å². The third-order valence-corrected chi connectivity index (χ3v) is 2.35. The maximum absolute atomic E-state index is 11.9. The largest absolute Gasteiger partial charge is 0.469 e. The maximum atomic E-state index is 11.9.